The highest BCUT2D eigenvalue weighted by Crippen LogP contribution is 2.24. The van der Waals surface area contributed by atoms with Gasteiger partial charge in [0.05, 0.1) is 6.54 Å². The van der Waals surface area contributed by atoms with Crippen molar-refractivity contribution in [1.29, 1.82) is 0 Å². The van der Waals surface area contributed by atoms with E-state index in [2.05, 4.69) is 19.9 Å². The number of β-amino-alcohol motifs (C(OH)–C–C–N with tert-alkyl or cyclic N) is 1. The van der Waals surface area contributed by atoms with E-state index in [1.807, 2.05) is 30.3 Å². The van der Waals surface area contributed by atoms with Crippen LogP contribution in [-0.2, 0) is 11.2 Å². The molecule has 0 radical (unpaired) electrons. The topological polar surface area (TPSA) is 70.0 Å². The zero-order chi connectivity index (χ0) is 20.1. The second-order valence-corrected chi connectivity index (χ2v) is 7.71. The Bertz CT molecular complexity index is 805. The van der Waals surface area contributed by atoms with Crippen molar-refractivity contribution in [3.8, 4) is 11.5 Å². The summed E-state index contributed by atoms with van der Waals surface area (Å²) in [5, 5.41) is 20.3. The summed E-state index contributed by atoms with van der Waals surface area (Å²) in [5.41, 5.74) is 1.96. The maximum absolute atomic E-state index is 12.5. The number of aryl methyl sites for hydroxylation is 1. The van der Waals surface area contributed by atoms with Gasteiger partial charge >= 0.3 is 0 Å². The highest BCUT2D eigenvalue weighted by molar-refractivity contribution is 5.76. The molecule has 0 aliphatic carbocycles. The number of nitrogens with zero attached hydrogens (tertiary/aromatic N) is 1. The molecule has 3 rings (SSSR count). The lowest BCUT2D eigenvalue weighted by atomic mass is 10.0. The summed E-state index contributed by atoms with van der Waals surface area (Å²) in [4.78, 5) is 14.2. The van der Waals surface area contributed by atoms with E-state index in [0.29, 0.717) is 31.7 Å². The number of aliphatic hydroxyl groups is 1. The average Bonchev–Trinajstić information content (AvgIpc) is 2.69. The summed E-state index contributed by atoms with van der Waals surface area (Å²) in [6.45, 7) is 5.10. The number of carbonyl (C=O) groups excluding carboxylic acids is 1. The molecule has 0 bridgehead atoms. The summed E-state index contributed by atoms with van der Waals surface area (Å²) >= 11 is 0. The van der Waals surface area contributed by atoms with E-state index >= 15 is 0 Å². The largest absolute Gasteiger partial charge is 0.508 e. The molecule has 5 nitrogen and oxygen atoms in total. The average molecular weight is 383 g/mol. The molecule has 1 amide bonds. The summed E-state index contributed by atoms with van der Waals surface area (Å²) in [6.07, 6.45) is 0.358. The number of phenols is 1. The maximum atomic E-state index is 12.5. The van der Waals surface area contributed by atoms with E-state index in [-0.39, 0.29) is 24.3 Å². The molecule has 2 N–H and O–H groups in total. The molecule has 2 atom stereocenters. The molecule has 1 heterocycles. The van der Waals surface area contributed by atoms with E-state index in [1.165, 1.54) is 5.56 Å². The summed E-state index contributed by atoms with van der Waals surface area (Å²) in [5.74, 6) is 1.38. The van der Waals surface area contributed by atoms with Crippen LogP contribution in [-0.4, -0.2) is 46.3 Å². The standard InChI is InChI=1S/C23H29NO4/c1-16(2)18-7-5-8-19(14-18)28-22-12-13-24(15-21(22)26)23(27)11-10-17-6-3-4-9-20(17)25/h3-9,14,16,21-22,25-26H,10-13,15H2,1-2H3/t21-,22-/m1/s1. The van der Waals surface area contributed by atoms with Gasteiger partial charge in [-0.25, -0.2) is 0 Å². The zero-order valence-corrected chi connectivity index (χ0v) is 16.5. The monoisotopic (exact) mass is 383 g/mol. The van der Waals surface area contributed by atoms with E-state index in [4.69, 9.17) is 4.74 Å². The number of para-hydroxylation sites is 1. The van der Waals surface area contributed by atoms with Gasteiger partial charge in [-0.2, -0.15) is 0 Å². The van der Waals surface area contributed by atoms with Crippen molar-refractivity contribution in [1.82, 2.24) is 4.90 Å². The predicted molar refractivity (Wildman–Crippen MR) is 109 cm³/mol. The number of rotatable bonds is 6. The van der Waals surface area contributed by atoms with Gasteiger partial charge in [0.2, 0.25) is 5.91 Å². The molecule has 1 aliphatic rings. The second-order valence-electron chi connectivity index (χ2n) is 7.71. The third-order valence-corrected chi connectivity index (χ3v) is 5.28. The van der Waals surface area contributed by atoms with E-state index < -0.39 is 6.10 Å². The number of aromatic hydroxyl groups is 1. The van der Waals surface area contributed by atoms with Crippen LogP contribution in [0.25, 0.3) is 0 Å². The van der Waals surface area contributed by atoms with Gasteiger partial charge in [0, 0.05) is 19.4 Å². The molecule has 2 aromatic rings. The predicted octanol–water partition coefficient (Wildman–Crippen LogP) is 3.49. The molecular weight excluding hydrogens is 354 g/mol. The van der Waals surface area contributed by atoms with Gasteiger partial charge in [-0.3, -0.25) is 4.79 Å². The fourth-order valence-corrected chi connectivity index (χ4v) is 3.52. The number of piperidine rings is 1. The first kappa shape index (κ1) is 20.2. The minimum Gasteiger partial charge on any atom is -0.508 e. The summed E-state index contributed by atoms with van der Waals surface area (Å²) in [6, 6.07) is 15.0. The molecule has 5 heteroatoms. The third-order valence-electron chi connectivity index (χ3n) is 5.28. The maximum Gasteiger partial charge on any atom is 0.222 e. The molecule has 1 fully saturated rings. The number of hydrogen-bond acceptors (Lipinski definition) is 4. The van der Waals surface area contributed by atoms with Crippen LogP contribution >= 0.6 is 0 Å². The molecule has 0 saturated carbocycles. The second kappa shape index (κ2) is 9.11. The van der Waals surface area contributed by atoms with Crippen molar-refractivity contribution in [2.24, 2.45) is 0 Å². The smallest absolute Gasteiger partial charge is 0.222 e. The molecule has 28 heavy (non-hydrogen) atoms. The number of carbonyl (C=O) groups is 1. The first-order chi connectivity index (χ1) is 13.4. The van der Waals surface area contributed by atoms with E-state index in [1.54, 1.807) is 17.0 Å². The molecule has 0 unspecified atom stereocenters. The van der Waals surface area contributed by atoms with Crippen LogP contribution in [0.3, 0.4) is 0 Å². The Balaban J connectivity index is 1.52. The highest BCUT2D eigenvalue weighted by Gasteiger charge is 2.31. The Hall–Kier alpha value is -2.53. The van der Waals surface area contributed by atoms with Gasteiger partial charge in [0.15, 0.2) is 0 Å². The van der Waals surface area contributed by atoms with Gasteiger partial charge in [0.1, 0.15) is 23.7 Å². The normalized spacial score (nSPS) is 19.6. The fraction of sp³-hybridized carbons (Fsp3) is 0.435. The SMILES string of the molecule is CC(C)c1cccc(O[C@@H]2CCN(C(=O)CCc3ccccc3O)C[C@H]2O)c1. The number of aliphatic hydroxyl groups excluding tert-OH is 1. The Kier molecular flexibility index (Phi) is 6.57. The van der Waals surface area contributed by atoms with Crippen molar-refractivity contribution >= 4 is 5.91 Å². The van der Waals surface area contributed by atoms with Gasteiger partial charge < -0.3 is 19.8 Å². The molecular formula is C23H29NO4. The Morgan fingerprint density at radius 2 is 2.00 bits per heavy atom. The summed E-state index contributed by atoms with van der Waals surface area (Å²) in [7, 11) is 0. The van der Waals surface area contributed by atoms with Gasteiger partial charge in [-0.1, -0.05) is 44.2 Å². The van der Waals surface area contributed by atoms with Crippen LogP contribution in [0.1, 0.15) is 43.7 Å². The van der Waals surface area contributed by atoms with Crippen molar-refractivity contribution in [3.05, 3.63) is 59.7 Å². The Morgan fingerprint density at radius 1 is 1.21 bits per heavy atom. The van der Waals surface area contributed by atoms with Crippen LogP contribution in [0.5, 0.6) is 11.5 Å². The summed E-state index contributed by atoms with van der Waals surface area (Å²) < 4.78 is 6.01. The van der Waals surface area contributed by atoms with Crippen LogP contribution in [0.4, 0.5) is 0 Å². The Morgan fingerprint density at radius 3 is 2.71 bits per heavy atom. The molecule has 1 saturated heterocycles. The first-order valence-corrected chi connectivity index (χ1v) is 9.93. The minimum atomic E-state index is -0.717. The lowest BCUT2D eigenvalue weighted by molar-refractivity contribution is -0.137. The van der Waals surface area contributed by atoms with Crippen molar-refractivity contribution in [3.63, 3.8) is 0 Å². The van der Waals surface area contributed by atoms with Crippen molar-refractivity contribution in [2.45, 2.75) is 51.2 Å². The number of likely N-dealkylation sites (tertiary alicyclic amines) is 1. The third kappa shape index (κ3) is 5.04. The molecule has 150 valence electrons. The van der Waals surface area contributed by atoms with Crippen molar-refractivity contribution in [2.75, 3.05) is 13.1 Å². The lowest BCUT2D eigenvalue weighted by Gasteiger charge is -2.36. The number of phenolic OH excluding ortho intramolecular Hbond substituents is 1. The van der Waals surface area contributed by atoms with Crippen LogP contribution in [0, 0.1) is 0 Å². The van der Waals surface area contributed by atoms with Crippen LogP contribution in [0.2, 0.25) is 0 Å². The molecule has 2 aromatic carbocycles. The quantitative estimate of drug-likeness (QED) is 0.801. The van der Waals surface area contributed by atoms with Crippen molar-refractivity contribution < 1.29 is 19.7 Å². The number of amides is 1. The zero-order valence-electron chi connectivity index (χ0n) is 16.5. The van der Waals surface area contributed by atoms with Gasteiger partial charge in [0.25, 0.3) is 0 Å². The minimum absolute atomic E-state index is 0.0115. The lowest BCUT2D eigenvalue weighted by Crippen LogP contribution is -2.51. The van der Waals surface area contributed by atoms with E-state index in [0.717, 1.165) is 11.3 Å². The number of ether oxygens (including phenoxy) is 1. The van der Waals surface area contributed by atoms with Gasteiger partial charge in [-0.05, 0) is 41.7 Å². The number of hydrogen-bond donors (Lipinski definition) is 2. The molecule has 0 spiro atoms. The number of benzene rings is 2. The van der Waals surface area contributed by atoms with E-state index in [9.17, 15) is 15.0 Å². The Labute approximate surface area is 166 Å². The fourth-order valence-electron chi connectivity index (χ4n) is 3.52. The highest BCUT2D eigenvalue weighted by atomic mass is 16.5. The van der Waals surface area contributed by atoms with Gasteiger partial charge in [-0.15, -0.1) is 0 Å². The molecule has 0 aromatic heterocycles. The molecule has 1 aliphatic heterocycles. The first-order valence-electron chi connectivity index (χ1n) is 9.93. The van der Waals surface area contributed by atoms with Crippen LogP contribution < -0.4 is 4.74 Å². The van der Waals surface area contributed by atoms with Crippen LogP contribution in [0.15, 0.2) is 48.5 Å².